The van der Waals surface area contributed by atoms with Crippen molar-refractivity contribution in [1.29, 1.82) is 0 Å². The van der Waals surface area contributed by atoms with Crippen molar-refractivity contribution in [2.45, 2.75) is 39.0 Å². The molecule has 0 aliphatic rings. The molecule has 0 saturated carbocycles. The van der Waals surface area contributed by atoms with Gasteiger partial charge in [0.2, 0.25) is 0 Å². The van der Waals surface area contributed by atoms with Crippen LogP contribution < -0.4 is 0 Å². The molecule has 0 aromatic rings. The minimum absolute atomic E-state index is 0.655. The molecule has 0 heterocycles. The van der Waals surface area contributed by atoms with Crippen molar-refractivity contribution < 1.29 is 0 Å². The molecule has 1 heteroatoms. The largest absolute Gasteiger partial charge is 0.127 e. The van der Waals surface area contributed by atoms with Crippen molar-refractivity contribution in [2.75, 3.05) is 5.88 Å². The average Bonchev–Trinajstić information content (AvgIpc) is 2.14. The lowest BCUT2D eigenvalue weighted by atomic mass is 9.99. The molecule has 76 valence electrons. The zero-order valence-electron chi connectivity index (χ0n) is 8.64. The van der Waals surface area contributed by atoms with Crippen molar-refractivity contribution in [3.8, 4) is 0 Å². The van der Waals surface area contributed by atoms with Gasteiger partial charge in [-0.05, 0) is 31.6 Å². The Morgan fingerprint density at radius 1 is 1.31 bits per heavy atom. The lowest BCUT2D eigenvalue weighted by molar-refractivity contribution is 0.580. The van der Waals surface area contributed by atoms with Gasteiger partial charge in [-0.2, -0.15) is 0 Å². The molecule has 0 bridgehead atoms. The van der Waals surface area contributed by atoms with Crippen LogP contribution in [0.4, 0.5) is 0 Å². The van der Waals surface area contributed by atoms with E-state index in [1.807, 2.05) is 6.08 Å². The molecule has 0 aliphatic heterocycles. The summed E-state index contributed by atoms with van der Waals surface area (Å²) in [6, 6.07) is 0. The quantitative estimate of drug-likeness (QED) is 0.398. The van der Waals surface area contributed by atoms with Gasteiger partial charge in [-0.25, -0.2) is 0 Å². The topological polar surface area (TPSA) is 0 Å². The maximum atomic E-state index is 5.73. The van der Waals surface area contributed by atoms with Crippen LogP contribution in [0.15, 0.2) is 24.8 Å². The Balaban J connectivity index is 3.70. The Morgan fingerprint density at radius 2 is 2.08 bits per heavy atom. The number of alkyl halides is 1. The highest BCUT2D eigenvalue weighted by Crippen LogP contribution is 2.14. The van der Waals surface area contributed by atoms with Crippen molar-refractivity contribution >= 4 is 11.6 Å². The van der Waals surface area contributed by atoms with E-state index in [4.69, 9.17) is 11.6 Å². The van der Waals surface area contributed by atoms with E-state index in [-0.39, 0.29) is 0 Å². The Labute approximate surface area is 87.7 Å². The first-order valence-corrected chi connectivity index (χ1v) is 5.72. The fraction of sp³-hybridized carbons (Fsp3) is 0.667. The fourth-order valence-corrected chi connectivity index (χ4v) is 1.54. The first-order valence-electron chi connectivity index (χ1n) is 5.18. The van der Waals surface area contributed by atoms with Crippen LogP contribution in [0.5, 0.6) is 0 Å². The minimum atomic E-state index is 0.655. The second-order valence-electron chi connectivity index (χ2n) is 3.32. The number of halogens is 1. The molecule has 0 aliphatic carbocycles. The van der Waals surface area contributed by atoms with Gasteiger partial charge in [-0.1, -0.05) is 31.6 Å². The van der Waals surface area contributed by atoms with E-state index in [2.05, 4.69) is 25.7 Å². The van der Waals surface area contributed by atoms with E-state index in [0.29, 0.717) is 5.92 Å². The molecule has 0 nitrogen and oxygen atoms in total. The second-order valence-corrected chi connectivity index (χ2v) is 3.70. The number of unbranched alkanes of at least 4 members (excludes halogenated alkanes) is 1. The summed E-state index contributed by atoms with van der Waals surface area (Å²) < 4.78 is 0. The second kappa shape index (κ2) is 9.85. The summed E-state index contributed by atoms with van der Waals surface area (Å²) in [5.74, 6) is 1.42. The molecule has 0 amide bonds. The lowest BCUT2D eigenvalue weighted by Gasteiger charge is -2.08. The number of hydrogen-bond donors (Lipinski definition) is 0. The van der Waals surface area contributed by atoms with Gasteiger partial charge in [-0.3, -0.25) is 0 Å². The molecule has 0 fully saturated rings. The fourth-order valence-electron chi connectivity index (χ4n) is 1.26. The summed E-state index contributed by atoms with van der Waals surface area (Å²) in [5, 5.41) is 0. The van der Waals surface area contributed by atoms with Crippen molar-refractivity contribution in [2.24, 2.45) is 5.92 Å². The molecule has 0 aromatic carbocycles. The molecule has 1 unspecified atom stereocenters. The van der Waals surface area contributed by atoms with Gasteiger partial charge < -0.3 is 0 Å². The third kappa shape index (κ3) is 8.11. The molecule has 0 radical (unpaired) electrons. The molecule has 0 saturated heterocycles. The third-order valence-corrected chi connectivity index (χ3v) is 2.30. The van der Waals surface area contributed by atoms with Gasteiger partial charge in [0, 0.05) is 5.88 Å². The Morgan fingerprint density at radius 3 is 2.62 bits per heavy atom. The van der Waals surface area contributed by atoms with Gasteiger partial charge in [0.1, 0.15) is 0 Å². The zero-order valence-corrected chi connectivity index (χ0v) is 9.39. The monoisotopic (exact) mass is 200 g/mol. The summed E-state index contributed by atoms with van der Waals surface area (Å²) in [7, 11) is 0. The van der Waals surface area contributed by atoms with Gasteiger partial charge in [-0.15, -0.1) is 18.2 Å². The predicted molar refractivity (Wildman–Crippen MR) is 62.3 cm³/mol. The van der Waals surface area contributed by atoms with Crippen molar-refractivity contribution in [1.82, 2.24) is 0 Å². The molecule has 0 aromatic heterocycles. The lowest BCUT2D eigenvalue weighted by Crippen LogP contribution is -1.96. The maximum Gasteiger partial charge on any atom is 0.0229 e. The highest BCUT2D eigenvalue weighted by molar-refractivity contribution is 6.17. The van der Waals surface area contributed by atoms with E-state index in [1.165, 1.54) is 19.3 Å². The summed E-state index contributed by atoms with van der Waals surface area (Å²) in [5.41, 5.74) is 0. The van der Waals surface area contributed by atoms with Gasteiger partial charge in [0.05, 0.1) is 0 Å². The van der Waals surface area contributed by atoms with Gasteiger partial charge >= 0.3 is 0 Å². The van der Waals surface area contributed by atoms with Crippen LogP contribution in [0, 0.1) is 5.92 Å². The summed E-state index contributed by atoms with van der Waals surface area (Å²) >= 11 is 5.73. The number of hydrogen-bond acceptors (Lipinski definition) is 0. The zero-order chi connectivity index (χ0) is 9.94. The van der Waals surface area contributed by atoms with E-state index < -0.39 is 0 Å². The first-order chi connectivity index (χ1) is 6.35. The normalized spacial score (nSPS) is 13.4. The van der Waals surface area contributed by atoms with Crippen molar-refractivity contribution in [3.05, 3.63) is 24.8 Å². The van der Waals surface area contributed by atoms with Crippen LogP contribution in [0.3, 0.4) is 0 Å². The van der Waals surface area contributed by atoms with Crippen LogP contribution >= 0.6 is 11.6 Å². The molecule has 0 rings (SSSR count). The Hall–Kier alpha value is -0.230. The van der Waals surface area contributed by atoms with Crippen LogP contribution in [-0.4, -0.2) is 5.88 Å². The highest BCUT2D eigenvalue weighted by Gasteiger charge is 2.01. The number of rotatable bonds is 8. The summed E-state index contributed by atoms with van der Waals surface area (Å²) in [4.78, 5) is 0. The van der Waals surface area contributed by atoms with Gasteiger partial charge in [0.15, 0.2) is 0 Å². The maximum absolute atomic E-state index is 5.73. The standard InChI is InChI=1S/C12H21Cl/c1-3-5-7-9-12(10-11-13)8-6-4-2/h4,7,9,12H,2-3,5-6,8,10-11H2,1H3/b9-7-. The first kappa shape index (κ1) is 12.8. The average molecular weight is 201 g/mol. The molecule has 13 heavy (non-hydrogen) atoms. The minimum Gasteiger partial charge on any atom is -0.127 e. The molecule has 0 N–H and O–H groups in total. The van der Waals surface area contributed by atoms with Crippen molar-refractivity contribution in [3.63, 3.8) is 0 Å². The van der Waals surface area contributed by atoms with E-state index in [9.17, 15) is 0 Å². The number of allylic oxidation sites excluding steroid dienone is 3. The van der Waals surface area contributed by atoms with E-state index in [0.717, 1.165) is 18.7 Å². The van der Waals surface area contributed by atoms with Crippen LogP contribution in [0.2, 0.25) is 0 Å². The molecular weight excluding hydrogens is 180 g/mol. The predicted octanol–water partition coefficient (Wildman–Crippen LogP) is 4.55. The molecule has 0 spiro atoms. The molecule has 1 atom stereocenters. The van der Waals surface area contributed by atoms with E-state index in [1.54, 1.807) is 0 Å². The van der Waals surface area contributed by atoms with Crippen LogP contribution in [0.25, 0.3) is 0 Å². The van der Waals surface area contributed by atoms with Gasteiger partial charge in [0.25, 0.3) is 0 Å². The summed E-state index contributed by atoms with van der Waals surface area (Å²) in [6.07, 6.45) is 12.4. The molecular formula is C12H21Cl. The Kier molecular flexibility index (Phi) is 9.68. The van der Waals surface area contributed by atoms with E-state index >= 15 is 0 Å². The summed E-state index contributed by atoms with van der Waals surface area (Å²) in [6.45, 7) is 5.93. The van der Waals surface area contributed by atoms with Crippen LogP contribution in [0.1, 0.15) is 39.0 Å². The third-order valence-electron chi connectivity index (χ3n) is 2.09. The Bertz CT molecular complexity index is 138. The highest BCUT2D eigenvalue weighted by atomic mass is 35.5. The SMILES string of the molecule is C=CCCC(/C=C\CCC)CCCl. The van der Waals surface area contributed by atoms with Crippen LogP contribution in [-0.2, 0) is 0 Å². The smallest absolute Gasteiger partial charge is 0.0229 e.